The van der Waals surface area contributed by atoms with Gasteiger partial charge in [0, 0.05) is 43.0 Å². The Bertz CT molecular complexity index is 1320. The first-order valence-corrected chi connectivity index (χ1v) is 16.3. The summed E-state index contributed by atoms with van der Waals surface area (Å²) in [6, 6.07) is 17.4. The van der Waals surface area contributed by atoms with Crippen molar-refractivity contribution < 1.29 is 9.53 Å². The van der Waals surface area contributed by atoms with Gasteiger partial charge in [-0.2, -0.15) is 0 Å². The number of amides is 1. The van der Waals surface area contributed by atoms with Crippen LogP contribution in [-0.2, 0) is 4.79 Å². The van der Waals surface area contributed by atoms with Crippen LogP contribution in [0.3, 0.4) is 0 Å². The molecule has 8 heteroatoms. The summed E-state index contributed by atoms with van der Waals surface area (Å²) in [5.41, 5.74) is 8.19. The molecule has 2 aliphatic rings. The molecule has 4 N–H and O–H groups in total. The first-order chi connectivity index (χ1) is 21.8. The highest BCUT2D eigenvalue weighted by atomic mass is 16.5. The Labute approximate surface area is 270 Å². The lowest BCUT2D eigenvalue weighted by molar-refractivity contribution is -0.125. The molecule has 4 rings (SSSR count). The molecule has 1 aliphatic heterocycles. The summed E-state index contributed by atoms with van der Waals surface area (Å²) < 4.78 is 5.89. The molecule has 8 nitrogen and oxygen atoms in total. The van der Waals surface area contributed by atoms with E-state index < -0.39 is 0 Å². The fourth-order valence-electron chi connectivity index (χ4n) is 5.56. The van der Waals surface area contributed by atoms with Crippen LogP contribution in [0.5, 0.6) is 11.5 Å². The molecule has 2 fully saturated rings. The summed E-state index contributed by atoms with van der Waals surface area (Å²) in [7, 11) is 2.15. The van der Waals surface area contributed by atoms with Crippen molar-refractivity contribution in [1.29, 1.82) is 5.41 Å². The van der Waals surface area contributed by atoms with E-state index in [-0.39, 0.29) is 17.7 Å². The third-order valence-electron chi connectivity index (χ3n) is 7.88. The lowest BCUT2D eigenvalue weighted by Gasteiger charge is -2.30. The summed E-state index contributed by atoms with van der Waals surface area (Å²) in [4.78, 5) is 22.0. The molecule has 242 valence electrons. The van der Waals surface area contributed by atoms with Crippen LogP contribution in [0.15, 0.2) is 95.8 Å². The fourth-order valence-corrected chi connectivity index (χ4v) is 5.56. The molecule has 1 aliphatic carbocycles. The molecule has 1 atom stereocenters. The molecular formula is C37H52N6O2. The van der Waals surface area contributed by atoms with Crippen molar-refractivity contribution in [2.75, 3.05) is 26.7 Å². The van der Waals surface area contributed by atoms with E-state index >= 15 is 0 Å². The molecular weight excluding hydrogens is 560 g/mol. The van der Waals surface area contributed by atoms with Crippen molar-refractivity contribution in [3.05, 3.63) is 96.4 Å². The lowest BCUT2D eigenvalue weighted by atomic mass is 9.94. The van der Waals surface area contributed by atoms with Gasteiger partial charge in [0.15, 0.2) is 0 Å². The number of likely N-dealkylation sites (N-methyl/N-ethyl adjacent to an activating group) is 1. The largest absolute Gasteiger partial charge is 0.457 e. The number of nitrogens with zero attached hydrogens (tertiary/aromatic N) is 3. The number of benzene rings is 2. The number of hydrogen-bond acceptors (Lipinski definition) is 6. The van der Waals surface area contributed by atoms with Crippen LogP contribution in [-0.4, -0.2) is 66.0 Å². The third kappa shape index (κ3) is 11.0. The Balaban J connectivity index is 0.00000177. The van der Waals surface area contributed by atoms with Gasteiger partial charge in [-0.15, -0.1) is 0 Å². The Kier molecular flexibility index (Phi) is 14.6. The average molecular weight is 613 g/mol. The van der Waals surface area contributed by atoms with E-state index in [2.05, 4.69) is 37.7 Å². The van der Waals surface area contributed by atoms with Crippen LogP contribution in [0, 0.1) is 5.41 Å². The number of amidine groups is 1. The zero-order chi connectivity index (χ0) is 32.6. The molecule has 1 saturated carbocycles. The lowest BCUT2D eigenvalue weighted by Crippen LogP contribution is -2.34. The number of rotatable bonds is 11. The molecule has 1 amide bonds. The van der Waals surface area contributed by atoms with E-state index in [4.69, 9.17) is 20.9 Å². The number of allylic oxidation sites excluding steroid dienone is 1. The highest BCUT2D eigenvalue weighted by Crippen LogP contribution is 2.24. The first kappa shape index (κ1) is 35.3. The number of nitrogens with two attached hydrogens (primary N) is 1. The van der Waals surface area contributed by atoms with Crippen LogP contribution in [0.1, 0.15) is 71.3 Å². The van der Waals surface area contributed by atoms with E-state index in [1.54, 1.807) is 13.0 Å². The van der Waals surface area contributed by atoms with Crippen molar-refractivity contribution in [2.45, 2.75) is 77.8 Å². The molecule has 1 heterocycles. The number of hydrogen-bond donors (Lipinski definition) is 3. The minimum atomic E-state index is -0.112. The van der Waals surface area contributed by atoms with Gasteiger partial charge in [-0.1, -0.05) is 70.4 Å². The molecule has 0 spiro atoms. The molecule has 2 aromatic rings. The first-order valence-electron chi connectivity index (χ1n) is 16.3. The molecule has 0 aromatic heterocycles. The summed E-state index contributed by atoms with van der Waals surface area (Å²) in [6.07, 6.45) is 13.6. The fraction of sp³-hybridized carbons (Fsp3) is 0.432. The molecule has 0 bridgehead atoms. The van der Waals surface area contributed by atoms with Gasteiger partial charge >= 0.3 is 0 Å². The maximum Gasteiger partial charge on any atom is 0.246 e. The SMILES string of the molecule is C=CNC(=NC1CCN(C(=O)/C=C/CN(C)C2CCCCC2)C1)/C(C(=N)c1ccc(Oc2ccccc2)cc1)=C(\C)N.CCC. The smallest absolute Gasteiger partial charge is 0.246 e. The normalized spacial score (nSPS) is 17.8. The molecule has 0 radical (unpaired) electrons. The van der Waals surface area contributed by atoms with E-state index in [0.717, 1.165) is 18.7 Å². The zero-order valence-electron chi connectivity index (χ0n) is 27.6. The standard InChI is InChI=1S/C34H44N6O2.C3H8/c1-4-37-34(32(25(2)35)33(36)26-17-19-30(20-18-26)42-29-14-9-6-10-15-29)38-27-21-23-40(24-27)31(41)16-11-22-39(3)28-12-7-5-8-13-28;1-3-2/h4,6,9-11,14-20,27-28,36H,1,5,7-8,12-13,21-24,35H2,2-3H3,(H,37,38);3H2,1-2H3/b16-11+,32-25+,36-33?;. The van der Waals surface area contributed by atoms with Crippen LogP contribution < -0.4 is 15.8 Å². The summed E-state index contributed by atoms with van der Waals surface area (Å²) >= 11 is 0. The van der Waals surface area contributed by atoms with E-state index in [0.29, 0.717) is 47.6 Å². The molecule has 2 aromatic carbocycles. The maximum absolute atomic E-state index is 12.9. The van der Waals surface area contributed by atoms with Gasteiger partial charge < -0.3 is 20.7 Å². The average Bonchev–Trinajstić information content (AvgIpc) is 3.51. The Morgan fingerprint density at radius 3 is 2.36 bits per heavy atom. The topological polar surface area (TPSA) is 107 Å². The highest BCUT2D eigenvalue weighted by molar-refractivity contribution is 6.29. The highest BCUT2D eigenvalue weighted by Gasteiger charge is 2.27. The van der Waals surface area contributed by atoms with Crippen molar-refractivity contribution in [2.24, 2.45) is 10.7 Å². The number of nitrogens with one attached hydrogen (secondary N) is 2. The predicted octanol–water partition coefficient (Wildman–Crippen LogP) is 7.05. The van der Waals surface area contributed by atoms with Crippen molar-refractivity contribution in [3.63, 3.8) is 0 Å². The van der Waals surface area contributed by atoms with Gasteiger partial charge in [0.2, 0.25) is 5.91 Å². The van der Waals surface area contributed by atoms with E-state index in [1.807, 2.05) is 65.6 Å². The van der Waals surface area contributed by atoms with Gasteiger partial charge in [0.25, 0.3) is 0 Å². The second kappa shape index (κ2) is 18.6. The molecule has 45 heavy (non-hydrogen) atoms. The summed E-state index contributed by atoms with van der Waals surface area (Å²) in [5, 5.41) is 12.1. The second-order valence-corrected chi connectivity index (χ2v) is 11.8. The maximum atomic E-state index is 12.9. The van der Waals surface area contributed by atoms with Gasteiger partial charge in [0.1, 0.15) is 17.3 Å². The predicted molar refractivity (Wildman–Crippen MR) is 187 cm³/mol. The van der Waals surface area contributed by atoms with Crippen molar-refractivity contribution in [3.8, 4) is 11.5 Å². The number of para-hydroxylation sites is 1. The minimum absolute atomic E-state index is 0.0132. The number of ether oxygens (including phenoxy) is 1. The summed E-state index contributed by atoms with van der Waals surface area (Å²) in [6.45, 7) is 11.7. The van der Waals surface area contributed by atoms with E-state index in [9.17, 15) is 4.79 Å². The van der Waals surface area contributed by atoms with Gasteiger partial charge in [-0.05, 0) is 75.8 Å². The molecule has 1 saturated heterocycles. The number of carbonyl (C=O) groups is 1. The third-order valence-corrected chi connectivity index (χ3v) is 7.88. The Morgan fingerprint density at radius 1 is 1.09 bits per heavy atom. The Hall–Kier alpha value is -4.17. The second-order valence-electron chi connectivity index (χ2n) is 11.8. The summed E-state index contributed by atoms with van der Waals surface area (Å²) in [5.74, 6) is 1.91. The number of likely N-dealkylation sites (tertiary alicyclic amines) is 1. The van der Waals surface area contributed by atoms with Crippen molar-refractivity contribution >= 4 is 17.5 Å². The number of carbonyl (C=O) groups excluding carboxylic acids is 1. The van der Waals surface area contributed by atoms with Crippen LogP contribution >= 0.6 is 0 Å². The van der Waals surface area contributed by atoms with Gasteiger partial charge in [-0.3, -0.25) is 20.1 Å². The number of aliphatic imine (C=N–C) groups is 1. The van der Waals surface area contributed by atoms with Gasteiger partial charge in [0.05, 0.1) is 17.3 Å². The monoisotopic (exact) mass is 612 g/mol. The van der Waals surface area contributed by atoms with Crippen LogP contribution in [0.2, 0.25) is 0 Å². The quantitative estimate of drug-likeness (QED) is 0.143. The van der Waals surface area contributed by atoms with Crippen molar-refractivity contribution in [1.82, 2.24) is 15.1 Å². The zero-order valence-corrected chi connectivity index (χ0v) is 27.6. The van der Waals surface area contributed by atoms with Gasteiger partial charge in [-0.25, -0.2) is 0 Å². The van der Waals surface area contributed by atoms with Crippen LogP contribution in [0.4, 0.5) is 0 Å². The molecule has 1 unspecified atom stereocenters. The Morgan fingerprint density at radius 2 is 1.73 bits per heavy atom. The van der Waals surface area contributed by atoms with E-state index in [1.165, 1.54) is 44.7 Å². The minimum Gasteiger partial charge on any atom is -0.457 e. The van der Waals surface area contributed by atoms with Crippen LogP contribution in [0.25, 0.3) is 0 Å².